The maximum atomic E-state index is 12.7. The number of nitro groups is 1. The zero-order valence-corrected chi connectivity index (χ0v) is 7.37. The Morgan fingerprint density at radius 2 is 2.27 bits per heavy atom. The van der Waals surface area contributed by atoms with Gasteiger partial charge in [0.2, 0.25) is 0 Å². The van der Waals surface area contributed by atoms with Gasteiger partial charge in [0.05, 0.1) is 10.6 Å². The Labute approximate surface area is 82.8 Å². The number of benzene rings is 1. The van der Waals surface area contributed by atoms with Crippen LogP contribution in [0.5, 0.6) is 5.75 Å². The van der Waals surface area contributed by atoms with E-state index in [0.29, 0.717) is 0 Å². The van der Waals surface area contributed by atoms with Gasteiger partial charge in [0.1, 0.15) is 12.3 Å². The molecule has 0 atom stereocenters. The van der Waals surface area contributed by atoms with Crippen molar-refractivity contribution in [3.8, 4) is 5.75 Å². The van der Waals surface area contributed by atoms with E-state index in [1.54, 1.807) is 0 Å². The summed E-state index contributed by atoms with van der Waals surface area (Å²) in [6, 6.07) is 3.42. The Kier molecular flexibility index (Phi) is 1.95. The van der Waals surface area contributed by atoms with E-state index in [2.05, 4.69) is 10.1 Å². The summed E-state index contributed by atoms with van der Waals surface area (Å²) in [5.74, 6) is -0.0862. The molecule has 80 valence electrons. The Hall–Kier alpha value is -1.92. The number of hydrogen-bond acceptors (Lipinski definition) is 4. The highest BCUT2D eigenvalue weighted by molar-refractivity contribution is 5.62. The van der Waals surface area contributed by atoms with Crippen molar-refractivity contribution in [2.45, 2.75) is 6.11 Å². The number of non-ortho nitro benzene ring substituents is 1. The van der Waals surface area contributed by atoms with Gasteiger partial charge in [-0.05, 0) is 6.07 Å². The topological polar surface area (TPSA) is 64.4 Å². The lowest BCUT2D eigenvalue weighted by Crippen LogP contribution is -2.37. The van der Waals surface area contributed by atoms with Crippen molar-refractivity contribution in [2.24, 2.45) is 0 Å². The van der Waals surface area contributed by atoms with Gasteiger partial charge in [-0.2, -0.15) is 8.78 Å². The number of nitro benzene ring substituents is 1. The summed E-state index contributed by atoms with van der Waals surface area (Å²) < 4.78 is 29.8. The number of hydrogen-bond donors (Lipinski definition) is 1. The first kappa shape index (κ1) is 9.63. The van der Waals surface area contributed by atoms with E-state index in [1.807, 2.05) is 0 Å². The van der Waals surface area contributed by atoms with E-state index < -0.39 is 17.6 Å². The molecule has 2 rings (SSSR count). The van der Waals surface area contributed by atoms with E-state index in [4.69, 9.17) is 0 Å². The molecule has 0 saturated heterocycles. The lowest BCUT2D eigenvalue weighted by Gasteiger charge is -2.25. The molecule has 1 aromatic carbocycles. The van der Waals surface area contributed by atoms with Crippen molar-refractivity contribution in [3.05, 3.63) is 28.3 Å². The van der Waals surface area contributed by atoms with E-state index in [1.165, 1.54) is 0 Å². The molecule has 0 radical (unpaired) electrons. The smallest absolute Gasteiger partial charge is 0.415 e. The minimum atomic E-state index is -3.27. The first-order valence-electron chi connectivity index (χ1n) is 4.07. The third-order valence-electron chi connectivity index (χ3n) is 1.92. The van der Waals surface area contributed by atoms with Gasteiger partial charge in [0.25, 0.3) is 5.69 Å². The predicted octanol–water partition coefficient (Wildman–Crippen LogP) is 1.99. The number of alkyl halides is 2. The van der Waals surface area contributed by atoms with Crippen LogP contribution in [0.25, 0.3) is 0 Å². The van der Waals surface area contributed by atoms with Gasteiger partial charge in [0, 0.05) is 12.1 Å². The molecule has 5 nitrogen and oxygen atoms in total. The van der Waals surface area contributed by atoms with Crippen LogP contribution in [0.3, 0.4) is 0 Å². The minimum absolute atomic E-state index is 0.0862. The molecule has 0 amide bonds. The SMILES string of the molecule is O=[N+]([O-])c1ccc2c(c1)NCC(F)(F)O2. The van der Waals surface area contributed by atoms with Gasteiger partial charge in [-0.1, -0.05) is 0 Å². The fraction of sp³-hybridized carbons (Fsp3) is 0.250. The van der Waals surface area contributed by atoms with Crippen LogP contribution in [0.2, 0.25) is 0 Å². The van der Waals surface area contributed by atoms with E-state index in [9.17, 15) is 18.9 Å². The number of anilines is 1. The minimum Gasteiger partial charge on any atom is -0.429 e. The van der Waals surface area contributed by atoms with Crippen LogP contribution in [0.4, 0.5) is 20.2 Å². The Bertz CT molecular complexity index is 422. The average molecular weight is 216 g/mol. The maximum absolute atomic E-state index is 12.7. The fourth-order valence-electron chi connectivity index (χ4n) is 1.25. The van der Waals surface area contributed by atoms with E-state index in [-0.39, 0.29) is 17.1 Å². The molecule has 0 saturated carbocycles. The molecule has 1 aliphatic rings. The average Bonchev–Trinajstić information content (AvgIpc) is 2.15. The highest BCUT2D eigenvalue weighted by Gasteiger charge is 2.36. The van der Waals surface area contributed by atoms with Gasteiger partial charge in [-0.3, -0.25) is 10.1 Å². The lowest BCUT2D eigenvalue weighted by molar-refractivity contribution is -0.384. The summed E-state index contributed by atoms with van der Waals surface area (Å²) in [7, 11) is 0. The molecule has 0 unspecified atom stereocenters. The summed E-state index contributed by atoms with van der Waals surface area (Å²) in [4.78, 5) is 9.80. The standard InChI is InChI=1S/C8H6F2N2O3/c9-8(10)4-11-6-3-5(12(13)14)1-2-7(6)15-8/h1-3,11H,4H2. The Morgan fingerprint density at radius 1 is 1.53 bits per heavy atom. The molecule has 1 heterocycles. The molecule has 1 N–H and O–H groups in total. The molecule has 0 aromatic heterocycles. The summed E-state index contributed by atoms with van der Waals surface area (Å²) in [6.07, 6.45) is -3.27. The summed E-state index contributed by atoms with van der Waals surface area (Å²) >= 11 is 0. The zero-order chi connectivity index (χ0) is 11.1. The lowest BCUT2D eigenvalue weighted by atomic mass is 10.2. The second kappa shape index (κ2) is 3.04. The monoisotopic (exact) mass is 216 g/mol. The van der Waals surface area contributed by atoms with Gasteiger partial charge < -0.3 is 10.1 Å². The van der Waals surface area contributed by atoms with Crippen LogP contribution in [0.1, 0.15) is 0 Å². The van der Waals surface area contributed by atoms with Crippen molar-refractivity contribution < 1.29 is 18.4 Å². The third kappa shape index (κ3) is 1.80. The van der Waals surface area contributed by atoms with Gasteiger partial charge in [-0.15, -0.1) is 0 Å². The molecule has 15 heavy (non-hydrogen) atoms. The molecule has 0 fully saturated rings. The fourth-order valence-corrected chi connectivity index (χ4v) is 1.25. The zero-order valence-electron chi connectivity index (χ0n) is 7.37. The normalized spacial score (nSPS) is 17.2. The second-order valence-corrected chi connectivity index (χ2v) is 3.03. The van der Waals surface area contributed by atoms with Crippen LogP contribution < -0.4 is 10.1 Å². The first-order chi connectivity index (χ1) is 6.98. The van der Waals surface area contributed by atoms with Crippen LogP contribution in [0.15, 0.2) is 18.2 Å². The second-order valence-electron chi connectivity index (χ2n) is 3.03. The number of fused-ring (bicyclic) bond motifs is 1. The van der Waals surface area contributed by atoms with Crippen LogP contribution in [-0.2, 0) is 0 Å². The molecule has 0 bridgehead atoms. The molecule has 0 aliphatic carbocycles. The van der Waals surface area contributed by atoms with Gasteiger partial charge in [0.15, 0.2) is 0 Å². The molecule has 7 heteroatoms. The predicted molar refractivity (Wildman–Crippen MR) is 47.2 cm³/mol. The van der Waals surface area contributed by atoms with Crippen LogP contribution >= 0.6 is 0 Å². The molecular weight excluding hydrogens is 210 g/mol. The Morgan fingerprint density at radius 3 is 2.93 bits per heavy atom. The van der Waals surface area contributed by atoms with Gasteiger partial charge >= 0.3 is 6.11 Å². The molecule has 0 spiro atoms. The summed E-state index contributed by atoms with van der Waals surface area (Å²) in [6.45, 7) is -0.693. The molecule has 1 aromatic rings. The maximum Gasteiger partial charge on any atom is 0.415 e. The van der Waals surface area contributed by atoms with Gasteiger partial charge in [-0.25, -0.2) is 0 Å². The van der Waals surface area contributed by atoms with Crippen molar-refractivity contribution in [1.82, 2.24) is 0 Å². The number of ether oxygens (including phenoxy) is 1. The Balaban J connectivity index is 2.36. The van der Waals surface area contributed by atoms with Crippen LogP contribution in [-0.4, -0.2) is 17.6 Å². The van der Waals surface area contributed by atoms with Crippen molar-refractivity contribution >= 4 is 11.4 Å². The van der Waals surface area contributed by atoms with E-state index in [0.717, 1.165) is 18.2 Å². The number of nitrogens with zero attached hydrogens (tertiary/aromatic N) is 1. The molecular formula is C8H6F2N2O3. The van der Waals surface area contributed by atoms with Crippen molar-refractivity contribution in [3.63, 3.8) is 0 Å². The highest BCUT2D eigenvalue weighted by atomic mass is 19.3. The number of nitrogens with one attached hydrogen (secondary N) is 1. The summed E-state index contributed by atoms with van der Waals surface area (Å²) in [5.41, 5.74) is 0.0326. The van der Waals surface area contributed by atoms with Crippen molar-refractivity contribution in [1.29, 1.82) is 0 Å². The third-order valence-corrected chi connectivity index (χ3v) is 1.92. The van der Waals surface area contributed by atoms with E-state index >= 15 is 0 Å². The van der Waals surface area contributed by atoms with Crippen molar-refractivity contribution in [2.75, 3.05) is 11.9 Å². The highest BCUT2D eigenvalue weighted by Crippen LogP contribution is 2.36. The quantitative estimate of drug-likeness (QED) is 0.575. The van der Waals surface area contributed by atoms with Crippen LogP contribution in [0, 0.1) is 10.1 Å². The number of rotatable bonds is 1. The summed E-state index contributed by atoms with van der Waals surface area (Å²) in [5, 5.41) is 12.8. The number of halogens is 2. The largest absolute Gasteiger partial charge is 0.429 e. The molecule has 1 aliphatic heterocycles. The first-order valence-corrected chi connectivity index (χ1v) is 4.07.